The number of aliphatic hydroxyl groups excluding tert-OH is 2. The minimum Gasteiger partial charge on any atom is -0.492 e. The van der Waals surface area contributed by atoms with Crippen molar-refractivity contribution in [2.75, 3.05) is 26.4 Å². The van der Waals surface area contributed by atoms with Crippen molar-refractivity contribution in [3.05, 3.63) is 68.4 Å². The number of Topliss-reactive ketones (excluding diaryl/α,β-unsaturated/α-hetero) is 1. The fraction of sp³-hybridized carbons (Fsp3) is 0.457. The molecule has 10 nitrogen and oxygen atoms in total. The van der Waals surface area contributed by atoms with Crippen LogP contribution in [0.15, 0.2) is 40.6 Å². The molecule has 2 atom stereocenters. The summed E-state index contributed by atoms with van der Waals surface area (Å²) in [5.74, 6) is 0.0326. The van der Waals surface area contributed by atoms with Gasteiger partial charge in [0, 0.05) is 37.4 Å². The number of hydrogen-bond donors (Lipinski definition) is 3. The van der Waals surface area contributed by atoms with Crippen molar-refractivity contribution in [1.29, 1.82) is 0 Å². The quantitative estimate of drug-likeness (QED) is 0.286. The number of hydrogen-bond acceptors (Lipinski definition) is 10. The molecule has 238 valence electrons. The van der Waals surface area contributed by atoms with Gasteiger partial charge in [0.25, 0.3) is 0 Å². The molecule has 3 aliphatic heterocycles. The van der Waals surface area contributed by atoms with Gasteiger partial charge in [-0.15, -0.1) is 0 Å². The van der Waals surface area contributed by atoms with Crippen LogP contribution in [-0.2, 0) is 27.4 Å². The second-order valence-corrected chi connectivity index (χ2v) is 12.3. The van der Waals surface area contributed by atoms with Crippen LogP contribution in [0.4, 0.5) is 0 Å². The summed E-state index contributed by atoms with van der Waals surface area (Å²) in [4.78, 5) is 30.9. The van der Waals surface area contributed by atoms with E-state index < -0.39 is 24.3 Å². The lowest BCUT2D eigenvalue weighted by atomic mass is 9.76. The molecule has 1 saturated carbocycles. The van der Waals surface area contributed by atoms with E-state index in [2.05, 4.69) is 4.99 Å². The van der Waals surface area contributed by atoms with Crippen LogP contribution in [-0.4, -0.2) is 65.1 Å². The number of aliphatic hydroxyl groups is 3. The van der Waals surface area contributed by atoms with E-state index in [1.807, 2.05) is 24.3 Å². The zero-order chi connectivity index (χ0) is 31.9. The summed E-state index contributed by atoms with van der Waals surface area (Å²) in [7, 11) is 0. The van der Waals surface area contributed by atoms with Gasteiger partial charge in [-0.1, -0.05) is 17.7 Å². The summed E-state index contributed by atoms with van der Waals surface area (Å²) in [6.45, 7) is 5.43. The first-order chi connectivity index (χ1) is 21.6. The molecule has 0 bridgehead atoms. The van der Waals surface area contributed by atoms with Crippen molar-refractivity contribution < 1.29 is 43.9 Å². The SMILES string of the molecule is CCOC(=O)C1=C/C(=C2\CCC(=O)[C@@H](c3ccc4c(c3)=CCN=4)C2)c2c(OCCCO)c3c(c(CO)c2O1)O[C@H](C(C)(C)O)C3. The molecule has 4 aliphatic rings. The Morgan fingerprint density at radius 1 is 1.16 bits per heavy atom. The molecule has 3 N–H and O–H groups in total. The van der Waals surface area contributed by atoms with Gasteiger partial charge in [0.1, 0.15) is 29.1 Å². The Labute approximate surface area is 261 Å². The average molecular weight is 618 g/mol. The van der Waals surface area contributed by atoms with Gasteiger partial charge in [-0.3, -0.25) is 9.79 Å². The smallest absolute Gasteiger partial charge is 0.374 e. The molecule has 0 saturated heterocycles. The van der Waals surface area contributed by atoms with Crippen molar-refractivity contribution in [3.63, 3.8) is 0 Å². The maximum atomic E-state index is 13.4. The number of allylic oxidation sites excluding steroid dienone is 3. The van der Waals surface area contributed by atoms with Crippen LogP contribution in [0.3, 0.4) is 0 Å². The number of ketones is 1. The number of fused-ring (bicyclic) bond motifs is 3. The molecule has 0 spiro atoms. The minimum absolute atomic E-state index is 0.0537. The second kappa shape index (κ2) is 12.4. The summed E-state index contributed by atoms with van der Waals surface area (Å²) in [5, 5.41) is 33.0. The summed E-state index contributed by atoms with van der Waals surface area (Å²) in [6.07, 6.45) is 4.94. The fourth-order valence-corrected chi connectivity index (χ4v) is 6.51. The zero-order valence-electron chi connectivity index (χ0n) is 25.9. The summed E-state index contributed by atoms with van der Waals surface area (Å²) in [6, 6.07) is 5.95. The van der Waals surface area contributed by atoms with E-state index >= 15 is 0 Å². The highest BCUT2D eigenvalue weighted by atomic mass is 16.6. The Hall–Kier alpha value is -3.99. The lowest BCUT2D eigenvalue weighted by Gasteiger charge is -2.30. The van der Waals surface area contributed by atoms with Gasteiger partial charge in [-0.05, 0) is 68.2 Å². The monoisotopic (exact) mass is 617 g/mol. The Balaban J connectivity index is 1.55. The first-order valence-corrected chi connectivity index (χ1v) is 15.6. The lowest BCUT2D eigenvalue weighted by molar-refractivity contribution is -0.141. The summed E-state index contributed by atoms with van der Waals surface area (Å²) < 4.78 is 24.1. The molecule has 3 heterocycles. The lowest BCUT2D eigenvalue weighted by Crippen LogP contribution is -2.39. The van der Waals surface area contributed by atoms with Crippen LogP contribution in [0.5, 0.6) is 17.2 Å². The zero-order valence-corrected chi connectivity index (χ0v) is 25.9. The molecule has 0 unspecified atom stereocenters. The normalized spacial score (nSPS) is 21.8. The van der Waals surface area contributed by atoms with Crippen LogP contribution in [0.1, 0.15) is 74.6 Å². The summed E-state index contributed by atoms with van der Waals surface area (Å²) >= 11 is 0. The molecule has 1 aliphatic carbocycles. The van der Waals surface area contributed by atoms with E-state index in [1.165, 1.54) is 0 Å². The third-order valence-corrected chi connectivity index (χ3v) is 8.85. The number of esters is 1. The molecule has 1 fully saturated rings. The van der Waals surface area contributed by atoms with Crippen LogP contribution >= 0.6 is 0 Å². The average Bonchev–Trinajstić information content (AvgIpc) is 3.68. The van der Waals surface area contributed by atoms with Crippen molar-refractivity contribution in [1.82, 2.24) is 0 Å². The van der Waals surface area contributed by atoms with Crippen molar-refractivity contribution in [3.8, 4) is 17.2 Å². The highest BCUT2D eigenvalue weighted by Gasteiger charge is 2.43. The maximum absolute atomic E-state index is 13.4. The molecule has 2 aromatic carbocycles. The molecule has 45 heavy (non-hydrogen) atoms. The first kappa shape index (κ1) is 31.0. The van der Waals surface area contributed by atoms with Crippen LogP contribution < -0.4 is 24.8 Å². The third-order valence-electron chi connectivity index (χ3n) is 8.85. The Morgan fingerprint density at radius 2 is 1.98 bits per heavy atom. The van der Waals surface area contributed by atoms with Gasteiger partial charge in [-0.25, -0.2) is 4.79 Å². The van der Waals surface area contributed by atoms with Gasteiger partial charge in [0.05, 0.1) is 48.5 Å². The van der Waals surface area contributed by atoms with E-state index in [0.717, 1.165) is 21.7 Å². The summed E-state index contributed by atoms with van der Waals surface area (Å²) in [5.41, 5.74) is 2.86. The van der Waals surface area contributed by atoms with Crippen LogP contribution in [0.2, 0.25) is 0 Å². The molecule has 0 radical (unpaired) electrons. The van der Waals surface area contributed by atoms with Crippen molar-refractivity contribution >= 4 is 23.4 Å². The number of carbonyl (C=O) groups excluding carboxylic acids is 2. The van der Waals surface area contributed by atoms with E-state index in [-0.39, 0.29) is 43.0 Å². The minimum atomic E-state index is -1.21. The fourth-order valence-electron chi connectivity index (χ4n) is 6.51. The molecule has 0 aromatic heterocycles. The second-order valence-electron chi connectivity index (χ2n) is 12.3. The number of nitrogens with zero attached hydrogens (tertiary/aromatic N) is 1. The number of ether oxygens (including phenoxy) is 4. The number of benzene rings is 2. The number of rotatable bonds is 9. The Bertz CT molecular complexity index is 1730. The van der Waals surface area contributed by atoms with E-state index in [1.54, 1.807) is 26.8 Å². The molecular weight excluding hydrogens is 578 g/mol. The van der Waals surface area contributed by atoms with Crippen molar-refractivity contribution in [2.45, 2.75) is 77.1 Å². The standard InChI is InChI=1S/C35H39NO9/c1-4-42-34(40)28-16-23(20-7-9-27(39)22(15-20)19-6-8-26-21(14-19)10-11-36-26)30-32(43-13-5-12-37)24-17-29(35(2,3)41)45-31(24)25(18-38)33(30)44-28/h6,8,10,14,16,22,29,37-38,41H,4-5,7,9,11-13,15,17-18H2,1-3H3/b23-20-/t22-,29+/m1/s1. The highest BCUT2D eigenvalue weighted by Crippen LogP contribution is 2.55. The van der Waals surface area contributed by atoms with E-state index in [9.17, 15) is 24.9 Å². The first-order valence-electron chi connectivity index (χ1n) is 15.6. The Morgan fingerprint density at radius 3 is 2.71 bits per heavy atom. The molecule has 0 amide bonds. The largest absolute Gasteiger partial charge is 0.492 e. The topological polar surface area (TPSA) is 144 Å². The van der Waals surface area contributed by atoms with Gasteiger partial charge >= 0.3 is 5.97 Å². The Kier molecular flexibility index (Phi) is 8.56. The molecule has 10 heteroatoms. The molecular formula is C35H39NO9. The van der Waals surface area contributed by atoms with Crippen LogP contribution in [0, 0.1) is 0 Å². The van der Waals surface area contributed by atoms with Gasteiger partial charge in [0.15, 0.2) is 0 Å². The maximum Gasteiger partial charge on any atom is 0.374 e. The van der Waals surface area contributed by atoms with Gasteiger partial charge in [0.2, 0.25) is 5.76 Å². The predicted octanol–water partition coefficient (Wildman–Crippen LogP) is 2.56. The molecule has 2 aromatic rings. The third kappa shape index (κ3) is 5.78. The van der Waals surface area contributed by atoms with E-state index in [0.29, 0.717) is 72.4 Å². The number of carbonyl (C=O) groups is 2. The van der Waals surface area contributed by atoms with Gasteiger partial charge < -0.3 is 34.3 Å². The van der Waals surface area contributed by atoms with Gasteiger partial charge in [-0.2, -0.15) is 0 Å². The van der Waals surface area contributed by atoms with Crippen LogP contribution in [0.25, 0.3) is 11.6 Å². The molecule has 6 rings (SSSR count). The predicted molar refractivity (Wildman–Crippen MR) is 164 cm³/mol. The van der Waals surface area contributed by atoms with E-state index in [4.69, 9.17) is 18.9 Å². The van der Waals surface area contributed by atoms with Crippen molar-refractivity contribution in [2.24, 2.45) is 4.99 Å². The highest BCUT2D eigenvalue weighted by molar-refractivity contribution is 5.98.